The summed E-state index contributed by atoms with van der Waals surface area (Å²) in [5.41, 5.74) is 0. The van der Waals surface area contributed by atoms with Gasteiger partial charge in [0.05, 0.1) is 18.8 Å². The van der Waals surface area contributed by atoms with E-state index in [1.807, 2.05) is 6.08 Å². The molecule has 0 aliphatic heterocycles. The van der Waals surface area contributed by atoms with Gasteiger partial charge in [0.2, 0.25) is 5.91 Å². The number of carbonyl (C=O) groups is 1. The van der Waals surface area contributed by atoms with Crippen LogP contribution in [0.25, 0.3) is 0 Å². The maximum Gasteiger partial charge on any atom is 0.249 e. The number of aliphatic hydroxyl groups excluding tert-OH is 3. The van der Waals surface area contributed by atoms with Crippen LogP contribution >= 0.6 is 0 Å². The minimum atomic E-state index is -1.11. The highest BCUT2D eigenvalue weighted by Gasteiger charge is 2.22. The first kappa shape index (κ1) is 48.3. The molecule has 0 aromatic heterocycles. The highest BCUT2D eigenvalue weighted by atomic mass is 16.3. The zero-order valence-electron chi connectivity index (χ0n) is 33.0. The van der Waals surface area contributed by atoms with Gasteiger partial charge in [-0.25, -0.2) is 0 Å². The zero-order valence-corrected chi connectivity index (χ0v) is 33.0. The third-order valence-electron chi connectivity index (χ3n) is 9.62. The van der Waals surface area contributed by atoms with Crippen molar-refractivity contribution in [2.45, 2.75) is 225 Å². The zero-order chi connectivity index (χ0) is 36.6. The van der Waals surface area contributed by atoms with Gasteiger partial charge in [-0.2, -0.15) is 0 Å². The molecule has 0 heterocycles. The highest BCUT2D eigenvalue weighted by molar-refractivity contribution is 5.80. The second kappa shape index (κ2) is 40.1. The van der Waals surface area contributed by atoms with E-state index in [-0.39, 0.29) is 6.61 Å². The van der Waals surface area contributed by atoms with Crippen molar-refractivity contribution < 1.29 is 20.1 Å². The lowest BCUT2D eigenvalue weighted by atomic mass is 10.0. The molecule has 0 aromatic rings. The van der Waals surface area contributed by atoms with Crippen LogP contribution in [0.1, 0.15) is 206 Å². The normalized spacial score (nSPS) is 14.1. The van der Waals surface area contributed by atoms with E-state index in [4.69, 9.17) is 0 Å². The Bertz CT molecular complexity index is 820. The van der Waals surface area contributed by atoms with Crippen LogP contribution < -0.4 is 5.32 Å². The molecule has 0 spiro atoms. The highest BCUT2D eigenvalue weighted by Crippen LogP contribution is 2.13. The average Bonchev–Trinajstić information content (AvgIpc) is 3.12. The Morgan fingerprint density at radius 2 is 0.820 bits per heavy atom. The van der Waals surface area contributed by atoms with E-state index in [2.05, 4.69) is 55.6 Å². The molecular formula is C45H83NO4. The predicted molar refractivity (Wildman–Crippen MR) is 217 cm³/mol. The molecule has 292 valence electrons. The molecule has 0 bridgehead atoms. The Hall–Kier alpha value is -1.69. The van der Waals surface area contributed by atoms with Gasteiger partial charge in [0.15, 0.2) is 0 Å². The van der Waals surface area contributed by atoms with Gasteiger partial charge >= 0.3 is 0 Å². The summed E-state index contributed by atoms with van der Waals surface area (Å²) in [6, 6.07) is -0.823. The molecule has 0 aromatic carbocycles. The van der Waals surface area contributed by atoms with Crippen LogP contribution in [0, 0.1) is 0 Å². The van der Waals surface area contributed by atoms with Crippen molar-refractivity contribution >= 4 is 5.91 Å². The molecule has 50 heavy (non-hydrogen) atoms. The number of allylic oxidation sites excluding steroid dienone is 7. The Kier molecular flexibility index (Phi) is 38.7. The fourth-order valence-electron chi connectivity index (χ4n) is 6.21. The number of rotatable bonds is 38. The molecule has 1 amide bonds. The molecule has 0 aliphatic rings. The summed E-state index contributed by atoms with van der Waals surface area (Å²) in [6.07, 6.45) is 51.3. The molecule has 3 atom stereocenters. The summed E-state index contributed by atoms with van der Waals surface area (Å²) in [6.45, 7) is 4.15. The van der Waals surface area contributed by atoms with Crippen LogP contribution in [0.15, 0.2) is 48.6 Å². The van der Waals surface area contributed by atoms with Crippen molar-refractivity contribution in [2.75, 3.05) is 6.61 Å². The predicted octanol–water partition coefficient (Wildman–Crippen LogP) is 12.2. The van der Waals surface area contributed by atoms with Gasteiger partial charge in [-0.3, -0.25) is 4.79 Å². The maximum absolute atomic E-state index is 12.4. The Balaban J connectivity index is 3.78. The molecule has 4 N–H and O–H groups in total. The van der Waals surface area contributed by atoms with E-state index < -0.39 is 24.2 Å². The van der Waals surface area contributed by atoms with Gasteiger partial charge in [0.1, 0.15) is 6.10 Å². The third kappa shape index (κ3) is 34.7. The SMILES string of the molecule is CCCCCCCCCC/C=C\CCCCCCCCC(O)C(=O)NC(CO)C(O)/C=C/CC/C=C/CC/C=C/CCCCCCCCCC. The van der Waals surface area contributed by atoms with Crippen LogP contribution in [0.5, 0.6) is 0 Å². The summed E-state index contributed by atoms with van der Waals surface area (Å²) in [7, 11) is 0. The summed E-state index contributed by atoms with van der Waals surface area (Å²) >= 11 is 0. The van der Waals surface area contributed by atoms with Crippen molar-refractivity contribution in [3.63, 3.8) is 0 Å². The summed E-state index contributed by atoms with van der Waals surface area (Å²) < 4.78 is 0. The lowest BCUT2D eigenvalue weighted by molar-refractivity contribution is -0.131. The van der Waals surface area contributed by atoms with Gasteiger partial charge in [0.25, 0.3) is 0 Å². The molecule has 0 saturated heterocycles. The van der Waals surface area contributed by atoms with E-state index in [1.165, 1.54) is 135 Å². The molecular weight excluding hydrogens is 618 g/mol. The molecule has 0 aliphatic carbocycles. The quantitative estimate of drug-likeness (QED) is 0.0381. The number of aliphatic hydroxyl groups is 3. The average molecular weight is 702 g/mol. The summed E-state index contributed by atoms with van der Waals surface area (Å²) in [5.74, 6) is -0.523. The Morgan fingerprint density at radius 3 is 1.22 bits per heavy atom. The minimum Gasteiger partial charge on any atom is -0.394 e. The van der Waals surface area contributed by atoms with Gasteiger partial charge in [0, 0.05) is 0 Å². The van der Waals surface area contributed by atoms with Gasteiger partial charge < -0.3 is 20.6 Å². The number of hydrogen-bond donors (Lipinski definition) is 4. The first-order valence-corrected chi connectivity index (χ1v) is 21.5. The third-order valence-corrected chi connectivity index (χ3v) is 9.62. The van der Waals surface area contributed by atoms with Crippen molar-refractivity contribution in [2.24, 2.45) is 0 Å². The largest absolute Gasteiger partial charge is 0.394 e. The van der Waals surface area contributed by atoms with Crippen molar-refractivity contribution in [3.8, 4) is 0 Å². The number of amides is 1. The molecule has 0 rings (SSSR count). The maximum atomic E-state index is 12.4. The molecule has 5 heteroatoms. The molecule has 5 nitrogen and oxygen atoms in total. The monoisotopic (exact) mass is 702 g/mol. The van der Waals surface area contributed by atoms with Gasteiger partial charge in [-0.1, -0.05) is 184 Å². The van der Waals surface area contributed by atoms with Crippen molar-refractivity contribution in [1.82, 2.24) is 5.32 Å². The van der Waals surface area contributed by atoms with Crippen LogP contribution in [0.2, 0.25) is 0 Å². The molecule has 0 saturated carbocycles. The van der Waals surface area contributed by atoms with E-state index in [9.17, 15) is 20.1 Å². The van der Waals surface area contributed by atoms with Gasteiger partial charge in [-0.05, 0) is 70.6 Å². The smallest absolute Gasteiger partial charge is 0.249 e. The molecule has 0 radical (unpaired) electrons. The van der Waals surface area contributed by atoms with E-state index in [0.717, 1.165) is 51.4 Å². The number of hydrogen-bond acceptors (Lipinski definition) is 4. The number of carbonyl (C=O) groups excluding carboxylic acids is 1. The standard InChI is InChI=1S/C45H83NO4/c1-3-5-7-9-11-13-15-17-19-21-23-25-27-29-31-33-35-37-39-43(48)42(41-47)46-45(50)44(49)40-38-36-34-32-30-28-26-24-22-20-18-16-14-12-10-8-6-4-2/h21-24,29,31,37,39,42-44,47-49H,3-20,25-28,30,32-36,38,40-41H2,1-2H3,(H,46,50)/b23-21+,24-22-,31-29+,39-37+. The van der Waals surface area contributed by atoms with Crippen molar-refractivity contribution in [3.05, 3.63) is 48.6 Å². The second-order valence-electron chi connectivity index (χ2n) is 14.5. The van der Waals surface area contributed by atoms with Crippen LogP contribution in [-0.4, -0.2) is 46.1 Å². The van der Waals surface area contributed by atoms with Crippen LogP contribution in [0.3, 0.4) is 0 Å². The fourth-order valence-corrected chi connectivity index (χ4v) is 6.21. The van der Waals surface area contributed by atoms with Gasteiger partial charge in [-0.15, -0.1) is 0 Å². The minimum absolute atomic E-state index is 0.384. The summed E-state index contributed by atoms with van der Waals surface area (Å²) in [5, 5.41) is 33.1. The number of unbranched alkanes of at least 4 members (excludes halogenated alkanes) is 24. The lowest BCUT2D eigenvalue weighted by Crippen LogP contribution is -2.48. The van der Waals surface area contributed by atoms with Crippen molar-refractivity contribution in [1.29, 1.82) is 0 Å². The fraction of sp³-hybridized carbons (Fsp3) is 0.800. The Morgan fingerprint density at radius 1 is 0.480 bits per heavy atom. The topological polar surface area (TPSA) is 89.8 Å². The van der Waals surface area contributed by atoms with Crippen LogP contribution in [-0.2, 0) is 4.79 Å². The van der Waals surface area contributed by atoms with E-state index >= 15 is 0 Å². The lowest BCUT2D eigenvalue weighted by Gasteiger charge is -2.21. The van der Waals surface area contributed by atoms with E-state index in [1.54, 1.807) is 6.08 Å². The Labute approximate surface area is 310 Å². The first-order chi connectivity index (χ1) is 24.6. The first-order valence-electron chi connectivity index (χ1n) is 21.5. The molecule has 0 fully saturated rings. The second-order valence-corrected chi connectivity index (χ2v) is 14.5. The van der Waals surface area contributed by atoms with Crippen LogP contribution in [0.4, 0.5) is 0 Å². The van der Waals surface area contributed by atoms with E-state index in [0.29, 0.717) is 6.42 Å². The number of nitrogens with one attached hydrogen (secondary N) is 1. The molecule has 3 unspecified atom stereocenters. The summed E-state index contributed by atoms with van der Waals surface area (Å²) in [4.78, 5) is 12.4.